The van der Waals surface area contributed by atoms with Crippen LogP contribution in [0.1, 0.15) is 12.8 Å². The zero-order valence-electron chi connectivity index (χ0n) is 15.5. The molecule has 12 heteroatoms. The van der Waals surface area contributed by atoms with Crippen LogP contribution in [0.15, 0.2) is 30.5 Å². The normalized spacial score (nSPS) is 20.3. The van der Waals surface area contributed by atoms with Crippen molar-refractivity contribution in [3.8, 4) is 16.9 Å². The average molecular weight is 442 g/mol. The van der Waals surface area contributed by atoms with E-state index < -0.39 is 45.8 Å². The third-order valence-electron chi connectivity index (χ3n) is 5.01. The number of amides is 1. The Morgan fingerprint density at radius 3 is 2.37 bits per heavy atom. The number of carbonyl (C=O) groups excluding carboxylic acids is 1. The first-order valence-corrected chi connectivity index (χ1v) is 10.4. The molecule has 2 aliphatic heterocycles. The number of alkyl halides is 2. The SMILES string of the molecule is O=C1CN(c2c(O)cc(-c3ccc(N4CCC(F)(F)CC4)nc3)cc2F)S(=O)(=O)N1. The molecule has 1 amide bonds. The van der Waals surface area contributed by atoms with Gasteiger partial charge in [-0.05, 0) is 29.8 Å². The van der Waals surface area contributed by atoms with Crippen molar-refractivity contribution in [2.75, 3.05) is 28.8 Å². The van der Waals surface area contributed by atoms with E-state index in [1.165, 1.54) is 6.20 Å². The molecule has 3 heterocycles. The van der Waals surface area contributed by atoms with Gasteiger partial charge < -0.3 is 10.0 Å². The summed E-state index contributed by atoms with van der Waals surface area (Å²) in [5.41, 5.74) is 0.0325. The summed E-state index contributed by atoms with van der Waals surface area (Å²) < 4.78 is 67.2. The molecule has 2 aromatic rings. The number of pyridine rings is 1. The molecule has 2 fully saturated rings. The van der Waals surface area contributed by atoms with Crippen molar-refractivity contribution in [3.05, 3.63) is 36.3 Å². The first kappa shape index (κ1) is 20.3. The van der Waals surface area contributed by atoms with Gasteiger partial charge in [-0.25, -0.2) is 27.2 Å². The Morgan fingerprint density at radius 1 is 1.13 bits per heavy atom. The average Bonchev–Trinajstić information content (AvgIpc) is 2.93. The lowest BCUT2D eigenvalue weighted by molar-refractivity contribution is -0.117. The number of piperidine rings is 1. The molecule has 0 unspecified atom stereocenters. The number of halogens is 3. The molecule has 160 valence electrons. The summed E-state index contributed by atoms with van der Waals surface area (Å²) in [7, 11) is -4.28. The number of aromatic hydroxyl groups is 1. The molecule has 0 saturated carbocycles. The third-order valence-corrected chi connectivity index (χ3v) is 6.39. The van der Waals surface area contributed by atoms with Crippen LogP contribution >= 0.6 is 0 Å². The van der Waals surface area contributed by atoms with Gasteiger partial charge in [0, 0.05) is 37.7 Å². The highest BCUT2D eigenvalue weighted by molar-refractivity contribution is 7.92. The summed E-state index contributed by atoms with van der Waals surface area (Å²) in [6.45, 7) is -0.307. The number of aromatic nitrogens is 1. The largest absolute Gasteiger partial charge is 0.506 e. The Bertz CT molecular complexity index is 1080. The van der Waals surface area contributed by atoms with Crippen LogP contribution in [-0.4, -0.2) is 50.0 Å². The molecule has 0 atom stereocenters. The minimum Gasteiger partial charge on any atom is -0.506 e. The number of nitrogens with zero attached hydrogens (tertiary/aromatic N) is 3. The zero-order chi connectivity index (χ0) is 21.7. The van der Waals surface area contributed by atoms with E-state index in [4.69, 9.17) is 0 Å². The van der Waals surface area contributed by atoms with Crippen LogP contribution in [0.2, 0.25) is 0 Å². The highest BCUT2D eigenvalue weighted by Crippen LogP contribution is 2.37. The highest BCUT2D eigenvalue weighted by atomic mass is 32.2. The summed E-state index contributed by atoms with van der Waals surface area (Å²) in [5, 5.41) is 10.2. The van der Waals surface area contributed by atoms with E-state index in [9.17, 15) is 31.5 Å². The topological polar surface area (TPSA) is 103 Å². The van der Waals surface area contributed by atoms with Crippen molar-refractivity contribution in [2.45, 2.75) is 18.8 Å². The molecular weight excluding hydrogens is 425 g/mol. The number of carbonyl (C=O) groups is 1. The number of anilines is 2. The number of hydrogen-bond donors (Lipinski definition) is 2. The maximum absolute atomic E-state index is 14.7. The maximum atomic E-state index is 14.7. The van der Waals surface area contributed by atoms with E-state index in [0.29, 0.717) is 15.7 Å². The first-order valence-electron chi connectivity index (χ1n) is 9.01. The fraction of sp³-hybridized carbons (Fsp3) is 0.333. The van der Waals surface area contributed by atoms with Gasteiger partial charge in [-0.1, -0.05) is 0 Å². The van der Waals surface area contributed by atoms with Crippen molar-refractivity contribution in [2.24, 2.45) is 0 Å². The van der Waals surface area contributed by atoms with Gasteiger partial charge in [0.2, 0.25) is 0 Å². The number of phenols is 1. The molecule has 2 N–H and O–H groups in total. The van der Waals surface area contributed by atoms with Gasteiger partial charge in [0.25, 0.3) is 11.8 Å². The molecule has 1 aromatic carbocycles. The smallest absolute Gasteiger partial charge is 0.326 e. The minimum absolute atomic E-state index is 0.167. The minimum atomic E-state index is -4.28. The van der Waals surface area contributed by atoms with Crippen LogP contribution in [0.3, 0.4) is 0 Å². The Morgan fingerprint density at radius 2 is 1.83 bits per heavy atom. The molecule has 8 nitrogen and oxygen atoms in total. The molecule has 2 aliphatic rings. The van der Waals surface area contributed by atoms with Crippen LogP contribution in [0, 0.1) is 5.82 Å². The maximum Gasteiger partial charge on any atom is 0.326 e. The van der Waals surface area contributed by atoms with Gasteiger partial charge in [-0.3, -0.25) is 4.79 Å². The lowest BCUT2D eigenvalue weighted by Gasteiger charge is -2.32. The van der Waals surface area contributed by atoms with E-state index in [0.717, 1.165) is 12.1 Å². The zero-order valence-corrected chi connectivity index (χ0v) is 16.3. The second-order valence-electron chi connectivity index (χ2n) is 7.11. The molecule has 2 saturated heterocycles. The fourth-order valence-electron chi connectivity index (χ4n) is 3.45. The summed E-state index contributed by atoms with van der Waals surface area (Å²) in [6, 6.07) is 5.39. The van der Waals surface area contributed by atoms with Crippen LogP contribution in [0.5, 0.6) is 5.75 Å². The lowest BCUT2D eigenvalue weighted by atomic mass is 10.1. The quantitative estimate of drug-likeness (QED) is 0.754. The van der Waals surface area contributed by atoms with Gasteiger partial charge in [0.15, 0.2) is 5.82 Å². The van der Waals surface area contributed by atoms with Gasteiger partial charge in [0.1, 0.15) is 23.8 Å². The van der Waals surface area contributed by atoms with Crippen LogP contribution in [0.4, 0.5) is 24.7 Å². The molecular formula is C18H17F3N4O4S. The summed E-state index contributed by atoms with van der Waals surface area (Å²) >= 11 is 0. The molecule has 30 heavy (non-hydrogen) atoms. The monoisotopic (exact) mass is 442 g/mol. The van der Waals surface area contributed by atoms with Gasteiger partial charge in [-0.2, -0.15) is 8.42 Å². The Labute approximate surface area is 170 Å². The van der Waals surface area contributed by atoms with Crippen molar-refractivity contribution in [1.29, 1.82) is 0 Å². The summed E-state index contributed by atoms with van der Waals surface area (Å²) in [6.07, 6.45) is 0.898. The molecule has 0 spiro atoms. The van der Waals surface area contributed by atoms with Crippen LogP contribution in [-0.2, 0) is 15.0 Å². The Balaban J connectivity index is 1.59. The van der Waals surface area contributed by atoms with Crippen molar-refractivity contribution in [1.82, 2.24) is 9.71 Å². The predicted molar refractivity (Wildman–Crippen MR) is 102 cm³/mol. The number of rotatable bonds is 3. The number of benzene rings is 1. The second-order valence-corrected chi connectivity index (χ2v) is 8.71. The van der Waals surface area contributed by atoms with E-state index >= 15 is 0 Å². The fourth-order valence-corrected chi connectivity index (χ4v) is 4.62. The van der Waals surface area contributed by atoms with Gasteiger partial charge in [0.05, 0.1) is 0 Å². The number of phenolic OH excluding ortho intramolecular Hbond substituents is 1. The van der Waals surface area contributed by atoms with Crippen LogP contribution in [0.25, 0.3) is 11.1 Å². The molecule has 0 bridgehead atoms. The van der Waals surface area contributed by atoms with Crippen molar-refractivity contribution < 1.29 is 31.5 Å². The van der Waals surface area contributed by atoms with E-state index in [2.05, 4.69) is 4.98 Å². The van der Waals surface area contributed by atoms with Gasteiger partial charge >= 0.3 is 10.2 Å². The second kappa shape index (κ2) is 7.04. The molecule has 0 radical (unpaired) electrons. The van der Waals surface area contributed by atoms with E-state index in [1.807, 2.05) is 0 Å². The Hall–Kier alpha value is -3.02. The molecule has 0 aliphatic carbocycles. The molecule has 1 aromatic heterocycles. The van der Waals surface area contributed by atoms with Crippen molar-refractivity contribution >= 4 is 27.6 Å². The number of hydrogen-bond acceptors (Lipinski definition) is 6. The highest BCUT2D eigenvalue weighted by Gasteiger charge is 2.37. The van der Waals surface area contributed by atoms with Crippen LogP contribution < -0.4 is 13.9 Å². The summed E-state index contributed by atoms with van der Waals surface area (Å²) in [5.74, 6) is -4.70. The third kappa shape index (κ3) is 3.74. The standard InChI is InChI=1S/C18H17F3N4O4S/c19-13-7-12(8-14(26)17(13)25-10-16(27)23-30(25,28)29)11-1-2-15(22-9-11)24-5-3-18(20,21)4-6-24/h1-2,7-9,26H,3-6,10H2,(H,23,27). The summed E-state index contributed by atoms with van der Waals surface area (Å²) in [4.78, 5) is 17.3. The predicted octanol–water partition coefficient (Wildman–Crippen LogP) is 2.01. The lowest BCUT2D eigenvalue weighted by Crippen LogP contribution is -2.39. The first-order chi connectivity index (χ1) is 14.1. The van der Waals surface area contributed by atoms with Crippen molar-refractivity contribution in [3.63, 3.8) is 0 Å². The van der Waals surface area contributed by atoms with Gasteiger partial charge in [-0.15, -0.1) is 0 Å². The van der Waals surface area contributed by atoms with E-state index in [-0.39, 0.29) is 31.5 Å². The van der Waals surface area contributed by atoms with E-state index in [1.54, 1.807) is 21.8 Å². The Kier molecular flexibility index (Phi) is 4.76. The number of nitrogens with one attached hydrogen (secondary N) is 1. The molecule has 4 rings (SSSR count).